The minimum atomic E-state index is -4.75. The summed E-state index contributed by atoms with van der Waals surface area (Å²) in [5, 5.41) is 0. The van der Waals surface area contributed by atoms with Gasteiger partial charge in [-0.3, -0.25) is 4.79 Å². The smallest absolute Gasteiger partial charge is 0.748 e. The maximum Gasteiger partial charge on any atom is 1.00 e. The number of esters is 1. The molecule has 0 aliphatic carbocycles. The van der Waals surface area contributed by atoms with E-state index in [-0.39, 0.29) is 68.6 Å². The molecule has 0 bridgehead atoms. The molecule has 1 aliphatic rings. The van der Waals surface area contributed by atoms with E-state index in [4.69, 9.17) is 28.4 Å². The predicted molar refractivity (Wildman–Crippen MR) is 229 cm³/mol. The molecule has 328 valence electrons. The summed E-state index contributed by atoms with van der Waals surface area (Å²) in [5.41, 5.74) is 2.65. The van der Waals surface area contributed by atoms with Crippen molar-refractivity contribution in [2.45, 2.75) is 167 Å². The topological polar surface area (TPSA) is 130 Å². The van der Waals surface area contributed by atoms with Crippen LogP contribution in [0.25, 0.3) is 0 Å². The van der Waals surface area contributed by atoms with Gasteiger partial charge in [-0.15, -0.1) is 0 Å². The van der Waals surface area contributed by atoms with Gasteiger partial charge >= 0.3 is 35.5 Å². The van der Waals surface area contributed by atoms with Gasteiger partial charge in [0.05, 0.1) is 48.9 Å². The zero-order valence-electron chi connectivity index (χ0n) is 36.3. The first kappa shape index (κ1) is 52.2. The SMILES string of the molecule is CCCCCCCCCCCCCCCCCC(=O)OCCCO[C@H]1O[C@H](CS(=O)(=O)[O-])[C@@H](OCc2ccccc2)[C@H](OCc2ccccc2)[C@H]1OCc1ccccc1.[Na+]. The average molecular weight is 861 g/mol. The van der Waals surface area contributed by atoms with Crippen molar-refractivity contribution >= 4 is 16.1 Å². The van der Waals surface area contributed by atoms with Crippen molar-refractivity contribution in [3.05, 3.63) is 108 Å². The summed E-state index contributed by atoms with van der Waals surface area (Å²) in [6, 6.07) is 28.6. The Morgan fingerprint density at radius 1 is 0.550 bits per heavy atom. The molecule has 4 rings (SSSR count). The Morgan fingerprint density at radius 2 is 0.967 bits per heavy atom. The van der Waals surface area contributed by atoms with E-state index in [9.17, 15) is 17.8 Å². The van der Waals surface area contributed by atoms with Gasteiger partial charge in [-0.1, -0.05) is 188 Å². The zero-order valence-corrected chi connectivity index (χ0v) is 39.1. The summed E-state index contributed by atoms with van der Waals surface area (Å²) in [6.45, 7) is 3.02. The van der Waals surface area contributed by atoms with Crippen molar-refractivity contribution in [1.29, 1.82) is 0 Å². The van der Waals surface area contributed by atoms with Crippen LogP contribution in [-0.2, 0) is 63.2 Å². The monoisotopic (exact) mass is 860 g/mol. The first-order chi connectivity index (χ1) is 28.8. The normalized spacial score (nSPS) is 19.1. The largest absolute Gasteiger partial charge is 1.00 e. The summed E-state index contributed by atoms with van der Waals surface area (Å²) in [6.07, 6.45) is 14.7. The molecule has 1 heterocycles. The molecule has 1 aliphatic heterocycles. The number of ether oxygens (including phenoxy) is 6. The first-order valence-electron chi connectivity index (χ1n) is 22.1. The zero-order chi connectivity index (χ0) is 41.8. The molecule has 0 saturated carbocycles. The van der Waals surface area contributed by atoms with E-state index >= 15 is 0 Å². The average Bonchev–Trinajstić information content (AvgIpc) is 3.24. The van der Waals surface area contributed by atoms with Gasteiger partial charge in [0.1, 0.15) is 24.4 Å². The van der Waals surface area contributed by atoms with Crippen LogP contribution in [-0.4, -0.2) is 68.6 Å². The third kappa shape index (κ3) is 22.3. The van der Waals surface area contributed by atoms with E-state index in [0.29, 0.717) is 12.8 Å². The molecule has 0 unspecified atom stereocenters. The molecule has 5 atom stereocenters. The Labute approximate surface area is 382 Å². The van der Waals surface area contributed by atoms with Crippen molar-refractivity contribution in [1.82, 2.24) is 0 Å². The van der Waals surface area contributed by atoms with Gasteiger partial charge < -0.3 is 33.0 Å². The van der Waals surface area contributed by atoms with E-state index in [0.717, 1.165) is 36.0 Å². The second kappa shape index (κ2) is 31.6. The van der Waals surface area contributed by atoms with Gasteiger partial charge in [-0.2, -0.15) is 0 Å². The Kier molecular flexibility index (Phi) is 27.5. The number of unbranched alkanes of at least 4 members (excludes halogenated alkanes) is 14. The molecule has 3 aromatic carbocycles. The maximum atomic E-state index is 12.5. The van der Waals surface area contributed by atoms with Crippen molar-refractivity contribution in [2.75, 3.05) is 19.0 Å². The number of hydrogen-bond acceptors (Lipinski definition) is 10. The standard InChI is InChI=1S/C48H70O10S.Na/c1-2-3-4-5-6-7-8-9-10-11-12-13-14-15-25-33-44(49)53-34-26-35-54-48-47(57-38-42-31-23-18-24-32-42)46(56-37-41-29-21-17-22-30-41)45(43(58-48)39-59(50,51)52)55-36-40-27-19-16-20-28-40;/h16-24,27-32,43,45-48H,2-15,25-26,33-39H2,1H3,(H,50,51,52);/q;+1/p-1/t43-,45-,46+,47-,48+;/m1./s1. The van der Waals surface area contributed by atoms with E-state index in [1.54, 1.807) is 0 Å². The quantitative estimate of drug-likeness (QED) is 0.0275. The van der Waals surface area contributed by atoms with Crippen LogP contribution in [0.2, 0.25) is 0 Å². The molecule has 12 heteroatoms. The number of carbonyl (C=O) groups excluding carboxylic acids is 1. The predicted octanol–water partition coefficient (Wildman–Crippen LogP) is 7.23. The van der Waals surface area contributed by atoms with Gasteiger partial charge in [0.2, 0.25) is 0 Å². The number of carbonyl (C=O) groups is 1. The Balaban J connectivity index is 0.00000961. The molecule has 10 nitrogen and oxygen atoms in total. The third-order valence-corrected chi connectivity index (χ3v) is 11.4. The Hall–Kier alpha value is -2.16. The second-order valence-electron chi connectivity index (χ2n) is 15.7. The van der Waals surface area contributed by atoms with Gasteiger partial charge in [0.25, 0.3) is 0 Å². The van der Waals surface area contributed by atoms with E-state index in [2.05, 4.69) is 6.92 Å². The molecule has 0 amide bonds. The van der Waals surface area contributed by atoms with Crippen molar-refractivity contribution in [2.24, 2.45) is 0 Å². The molecular formula is C48H69NaO10S. The second-order valence-corrected chi connectivity index (χ2v) is 17.1. The van der Waals surface area contributed by atoms with Crippen LogP contribution in [0.4, 0.5) is 0 Å². The molecule has 0 spiro atoms. The van der Waals surface area contributed by atoms with Crippen LogP contribution in [0, 0.1) is 0 Å². The van der Waals surface area contributed by atoms with E-state index in [1.165, 1.54) is 77.0 Å². The van der Waals surface area contributed by atoms with Crippen LogP contribution in [0.1, 0.15) is 133 Å². The fraction of sp³-hybridized carbons (Fsp3) is 0.604. The molecule has 0 N–H and O–H groups in total. The maximum absolute atomic E-state index is 12.5. The van der Waals surface area contributed by atoms with Crippen molar-refractivity contribution < 1.29 is 75.7 Å². The van der Waals surface area contributed by atoms with Crippen molar-refractivity contribution in [3.63, 3.8) is 0 Å². The van der Waals surface area contributed by atoms with Crippen LogP contribution >= 0.6 is 0 Å². The van der Waals surface area contributed by atoms with Gasteiger partial charge in [-0.25, -0.2) is 8.42 Å². The number of benzene rings is 3. The first-order valence-corrected chi connectivity index (χ1v) is 23.7. The fourth-order valence-electron chi connectivity index (χ4n) is 7.37. The summed E-state index contributed by atoms with van der Waals surface area (Å²) < 4.78 is 74.1. The van der Waals surface area contributed by atoms with Gasteiger partial charge in [0.15, 0.2) is 6.29 Å². The summed E-state index contributed by atoms with van der Waals surface area (Å²) in [4.78, 5) is 12.5. The minimum absolute atomic E-state index is 0. The van der Waals surface area contributed by atoms with Crippen LogP contribution in [0.15, 0.2) is 91.0 Å². The van der Waals surface area contributed by atoms with Gasteiger partial charge in [-0.05, 0) is 23.1 Å². The number of rotatable bonds is 32. The number of hydrogen-bond donors (Lipinski definition) is 0. The summed E-state index contributed by atoms with van der Waals surface area (Å²) in [7, 11) is -4.75. The molecule has 0 radical (unpaired) electrons. The van der Waals surface area contributed by atoms with Crippen molar-refractivity contribution in [3.8, 4) is 0 Å². The molecular weight excluding hydrogens is 792 g/mol. The van der Waals surface area contributed by atoms with E-state index in [1.807, 2.05) is 91.0 Å². The molecule has 3 aromatic rings. The Bertz CT molecular complexity index is 1620. The van der Waals surface area contributed by atoms with Crippen LogP contribution in [0.5, 0.6) is 0 Å². The molecule has 1 saturated heterocycles. The third-order valence-electron chi connectivity index (χ3n) is 10.6. The summed E-state index contributed by atoms with van der Waals surface area (Å²) >= 11 is 0. The molecule has 0 aromatic heterocycles. The molecule has 1 fully saturated rings. The van der Waals surface area contributed by atoms with Crippen LogP contribution < -0.4 is 29.6 Å². The summed E-state index contributed by atoms with van der Waals surface area (Å²) in [5.74, 6) is -1.08. The van der Waals surface area contributed by atoms with E-state index < -0.39 is 46.6 Å². The minimum Gasteiger partial charge on any atom is -0.748 e. The fourth-order valence-corrected chi connectivity index (χ4v) is 8.04. The molecule has 60 heavy (non-hydrogen) atoms. The Morgan fingerprint density at radius 3 is 1.42 bits per heavy atom. The van der Waals surface area contributed by atoms with Gasteiger partial charge in [0, 0.05) is 12.8 Å². The van der Waals surface area contributed by atoms with Crippen LogP contribution in [0.3, 0.4) is 0 Å².